The summed E-state index contributed by atoms with van der Waals surface area (Å²) in [6.45, 7) is 0.313. The molecule has 0 heterocycles. The number of carbonyl (C=O) groups excluding carboxylic acids is 1. The van der Waals surface area contributed by atoms with Crippen molar-refractivity contribution in [3.05, 3.63) is 24.3 Å². The number of carbonyl (C=O) groups is 1. The van der Waals surface area contributed by atoms with Gasteiger partial charge in [0.15, 0.2) is 0 Å². The summed E-state index contributed by atoms with van der Waals surface area (Å²) in [6.07, 6.45) is 6.05. The van der Waals surface area contributed by atoms with Crippen LogP contribution in [0.4, 0.5) is 5.69 Å². The number of benzene rings is 1. The lowest BCUT2D eigenvalue weighted by atomic mass is 9.94. The lowest BCUT2D eigenvalue weighted by Crippen LogP contribution is -2.41. The maximum absolute atomic E-state index is 12.2. The van der Waals surface area contributed by atoms with Crippen molar-refractivity contribution in [2.24, 2.45) is 0 Å². The Bertz CT molecular complexity index is 442. The molecule has 1 amide bonds. The second kappa shape index (κ2) is 7.17. The Kier molecular flexibility index (Phi) is 5.27. The highest BCUT2D eigenvalue weighted by atomic mass is 16.5. The van der Waals surface area contributed by atoms with Crippen molar-refractivity contribution in [3.8, 4) is 5.75 Å². The summed E-state index contributed by atoms with van der Waals surface area (Å²) in [7, 11) is 3.55. The molecular formula is C16H24N2O2. The van der Waals surface area contributed by atoms with Crippen LogP contribution in [0.2, 0.25) is 0 Å². The molecule has 0 unspecified atom stereocenters. The van der Waals surface area contributed by atoms with Crippen LogP contribution in [0.5, 0.6) is 5.75 Å². The first-order valence-electron chi connectivity index (χ1n) is 7.35. The predicted octanol–water partition coefficient (Wildman–Crippen LogP) is 2.90. The molecule has 1 aromatic rings. The number of nitrogens with zero attached hydrogens (tertiary/aromatic N) is 1. The normalized spacial score (nSPS) is 15.7. The van der Waals surface area contributed by atoms with Crippen LogP contribution in [0.25, 0.3) is 0 Å². The van der Waals surface area contributed by atoms with Gasteiger partial charge < -0.3 is 15.0 Å². The SMILES string of the molecule is COc1ccccc1NCC(=O)N(C)C1CCCCC1. The minimum Gasteiger partial charge on any atom is -0.495 e. The minimum absolute atomic E-state index is 0.141. The molecule has 0 aliphatic heterocycles. The molecule has 0 atom stereocenters. The fourth-order valence-electron chi connectivity index (χ4n) is 2.76. The fourth-order valence-corrected chi connectivity index (χ4v) is 2.76. The van der Waals surface area contributed by atoms with Gasteiger partial charge in [-0.1, -0.05) is 31.4 Å². The van der Waals surface area contributed by atoms with Crippen LogP contribution < -0.4 is 10.1 Å². The number of nitrogens with one attached hydrogen (secondary N) is 1. The molecule has 1 aliphatic rings. The zero-order valence-electron chi connectivity index (χ0n) is 12.4. The third-order valence-electron chi connectivity index (χ3n) is 4.05. The quantitative estimate of drug-likeness (QED) is 0.899. The van der Waals surface area contributed by atoms with Gasteiger partial charge in [-0.2, -0.15) is 0 Å². The molecule has 1 aromatic carbocycles. The average molecular weight is 276 g/mol. The maximum Gasteiger partial charge on any atom is 0.241 e. The maximum atomic E-state index is 12.2. The van der Waals surface area contributed by atoms with E-state index in [1.165, 1.54) is 19.3 Å². The Morgan fingerprint density at radius 1 is 1.30 bits per heavy atom. The van der Waals surface area contributed by atoms with Crippen molar-refractivity contribution in [1.29, 1.82) is 0 Å². The largest absolute Gasteiger partial charge is 0.495 e. The van der Waals surface area contributed by atoms with Crippen molar-refractivity contribution in [2.75, 3.05) is 26.0 Å². The van der Waals surface area contributed by atoms with Gasteiger partial charge in [-0.15, -0.1) is 0 Å². The molecular weight excluding hydrogens is 252 g/mol. The number of rotatable bonds is 5. The lowest BCUT2D eigenvalue weighted by molar-refractivity contribution is -0.130. The number of hydrogen-bond donors (Lipinski definition) is 1. The highest BCUT2D eigenvalue weighted by Crippen LogP contribution is 2.24. The third kappa shape index (κ3) is 3.65. The first kappa shape index (κ1) is 14.7. The van der Waals surface area contributed by atoms with E-state index in [1.807, 2.05) is 36.2 Å². The number of amides is 1. The van der Waals surface area contributed by atoms with Crippen molar-refractivity contribution in [1.82, 2.24) is 4.90 Å². The number of para-hydroxylation sites is 2. The van der Waals surface area contributed by atoms with Gasteiger partial charge in [0.05, 0.1) is 19.3 Å². The van der Waals surface area contributed by atoms with Crippen molar-refractivity contribution in [3.63, 3.8) is 0 Å². The van der Waals surface area contributed by atoms with Crippen LogP contribution in [0.15, 0.2) is 24.3 Å². The Labute approximate surface area is 121 Å². The van der Waals surface area contributed by atoms with Gasteiger partial charge in [0.1, 0.15) is 5.75 Å². The van der Waals surface area contributed by atoms with Crippen LogP contribution in [0, 0.1) is 0 Å². The smallest absolute Gasteiger partial charge is 0.241 e. The van der Waals surface area contributed by atoms with Gasteiger partial charge in [-0.25, -0.2) is 0 Å². The molecule has 1 saturated carbocycles. The predicted molar refractivity (Wildman–Crippen MR) is 81.1 cm³/mol. The van der Waals surface area contributed by atoms with Crippen molar-refractivity contribution < 1.29 is 9.53 Å². The first-order chi connectivity index (χ1) is 9.72. The zero-order valence-corrected chi connectivity index (χ0v) is 12.4. The summed E-state index contributed by atoms with van der Waals surface area (Å²) >= 11 is 0. The number of ether oxygens (including phenoxy) is 1. The van der Waals surface area contributed by atoms with E-state index in [-0.39, 0.29) is 5.91 Å². The van der Waals surface area contributed by atoms with Gasteiger partial charge in [0.2, 0.25) is 5.91 Å². The summed E-state index contributed by atoms with van der Waals surface area (Å²) in [5.74, 6) is 0.906. The van der Waals surface area contributed by atoms with E-state index < -0.39 is 0 Å². The Balaban J connectivity index is 1.87. The molecule has 2 rings (SSSR count). The lowest BCUT2D eigenvalue weighted by Gasteiger charge is -2.31. The van der Waals surface area contributed by atoms with Crippen LogP contribution in [-0.2, 0) is 4.79 Å². The number of hydrogen-bond acceptors (Lipinski definition) is 3. The molecule has 110 valence electrons. The van der Waals surface area contributed by atoms with Crippen molar-refractivity contribution >= 4 is 11.6 Å². The molecule has 0 radical (unpaired) electrons. The number of methoxy groups -OCH3 is 1. The van der Waals surface area contributed by atoms with Gasteiger partial charge in [0.25, 0.3) is 0 Å². The number of likely N-dealkylation sites (N-methyl/N-ethyl adjacent to an activating group) is 1. The van der Waals surface area contributed by atoms with E-state index in [1.54, 1.807) is 7.11 Å². The van der Waals surface area contributed by atoms with Crippen LogP contribution in [0.1, 0.15) is 32.1 Å². The summed E-state index contributed by atoms with van der Waals surface area (Å²) in [4.78, 5) is 14.1. The average Bonchev–Trinajstić information content (AvgIpc) is 2.53. The Hall–Kier alpha value is -1.71. The van der Waals surface area contributed by atoms with Crippen molar-refractivity contribution in [2.45, 2.75) is 38.1 Å². The molecule has 0 spiro atoms. The highest BCUT2D eigenvalue weighted by molar-refractivity contribution is 5.81. The topological polar surface area (TPSA) is 41.6 Å². The minimum atomic E-state index is 0.141. The molecule has 1 aliphatic carbocycles. The molecule has 0 aromatic heterocycles. The molecule has 20 heavy (non-hydrogen) atoms. The monoisotopic (exact) mass is 276 g/mol. The van der Waals surface area contributed by atoms with E-state index in [0.29, 0.717) is 12.6 Å². The van der Waals surface area contributed by atoms with Gasteiger partial charge in [0, 0.05) is 13.1 Å². The summed E-state index contributed by atoms with van der Waals surface area (Å²) in [5.41, 5.74) is 0.861. The summed E-state index contributed by atoms with van der Waals surface area (Å²) in [5, 5.41) is 3.17. The van der Waals surface area contributed by atoms with E-state index in [4.69, 9.17) is 4.74 Å². The molecule has 0 saturated heterocycles. The van der Waals surface area contributed by atoms with E-state index in [0.717, 1.165) is 24.3 Å². The summed E-state index contributed by atoms with van der Waals surface area (Å²) < 4.78 is 5.27. The van der Waals surface area contributed by atoms with Gasteiger partial charge in [-0.05, 0) is 25.0 Å². The van der Waals surface area contributed by atoms with Crippen LogP contribution >= 0.6 is 0 Å². The molecule has 1 N–H and O–H groups in total. The fraction of sp³-hybridized carbons (Fsp3) is 0.562. The van der Waals surface area contributed by atoms with Gasteiger partial charge >= 0.3 is 0 Å². The molecule has 0 bridgehead atoms. The molecule has 1 fully saturated rings. The second-order valence-corrected chi connectivity index (χ2v) is 5.35. The van der Waals surface area contributed by atoms with Crippen LogP contribution in [-0.4, -0.2) is 37.6 Å². The third-order valence-corrected chi connectivity index (χ3v) is 4.05. The van der Waals surface area contributed by atoms with E-state index in [2.05, 4.69) is 5.32 Å². The first-order valence-corrected chi connectivity index (χ1v) is 7.35. The van der Waals surface area contributed by atoms with E-state index in [9.17, 15) is 4.79 Å². The Morgan fingerprint density at radius 2 is 2.00 bits per heavy atom. The second-order valence-electron chi connectivity index (χ2n) is 5.35. The standard InChI is InChI=1S/C16H24N2O2/c1-18(13-8-4-3-5-9-13)16(19)12-17-14-10-6-7-11-15(14)20-2/h6-7,10-11,13,17H,3-5,8-9,12H2,1-2H3. The Morgan fingerprint density at radius 3 is 2.70 bits per heavy atom. The zero-order chi connectivity index (χ0) is 14.4. The van der Waals surface area contributed by atoms with Gasteiger partial charge in [-0.3, -0.25) is 4.79 Å². The molecule has 4 nitrogen and oxygen atoms in total. The van der Waals surface area contributed by atoms with E-state index >= 15 is 0 Å². The summed E-state index contributed by atoms with van der Waals surface area (Å²) in [6, 6.07) is 8.07. The highest BCUT2D eigenvalue weighted by Gasteiger charge is 2.21. The van der Waals surface area contributed by atoms with Crippen LogP contribution in [0.3, 0.4) is 0 Å². The number of anilines is 1. The molecule has 4 heteroatoms.